The highest BCUT2D eigenvalue weighted by Gasteiger charge is 2.04. The third kappa shape index (κ3) is 2.41. The summed E-state index contributed by atoms with van der Waals surface area (Å²) in [4.78, 5) is 7.25. The van der Waals surface area contributed by atoms with Crippen LogP contribution in [0.3, 0.4) is 0 Å². The van der Waals surface area contributed by atoms with Gasteiger partial charge in [0.2, 0.25) is 5.95 Å². The fraction of sp³-hybridized carbons (Fsp3) is 0.250. The first kappa shape index (κ1) is 10.3. The molecule has 0 aromatic carbocycles. The maximum absolute atomic E-state index is 13.2. The van der Waals surface area contributed by atoms with Crippen LogP contribution in [0.4, 0.5) is 16.2 Å². The van der Waals surface area contributed by atoms with Gasteiger partial charge in [-0.25, -0.2) is 9.37 Å². The normalized spacial score (nSPS) is 10.3. The van der Waals surface area contributed by atoms with Gasteiger partial charge in [-0.05, 0) is 0 Å². The van der Waals surface area contributed by atoms with Gasteiger partial charge >= 0.3 is 0 Å². The second-order valence-electron chi connectivity index (χ2n) is 3.02. The van der Waals surface area contributed by atoms with E-state index < -0.39 is 5.82 Å². The fourth-order valence-corrected chi connectivity index (χ4v) is 1.15. The van der Waals surface area contributed by atoms with Gasteiger partial charge in [-0.15, -0.1) is 5.10 Å². The number of nitrogen functional groups attached to an aromatic ring is 1. The predicted octanol–water partition coefficient (Wildman–Crippen LogP) is -0.0985. The Balaban J connectivity index is 1.92. The van der Waals surface area contributed by atoms with Crippen molar-refractivity contribution >= 4 is 11.8 Å². The van der Waals surface area contributed by atoms with E-state index in [-0.39, 0.29) is 11.8 Å². The molecule has 0 saturated heterocycles. The molecule has 0 aliphatic carbocycles. The van der Waals surface area contributed by atoms with E-state index in [0.717, 1.165) is 6.20 Å². The minimum Gasteiger partial charge on any atom is -0.368 e. The van der Waals surface area contributed by atoms with Gasteiger partial charge in [0.1, 0.15) is 0 Å². The van der Waals surface area contributed by atoms with Crippen molar-refractivity contribution in [3.05, 3.63) is 24.4 Å². The van der Waals surface area contributed by atoms with Crippen LogP contribution in [0.1, 0.15) is 0 Å². The minimum absolute atomic E-state index is 0.0321. The number of nitrogens with one attached hydrogen (secondary N) is 1. The Morgan fingerprint density at radius 2 is 2.38 bits per heavy atom. The smallest absolute Gasteiger partial charge is 0.222 e. The minimum atomic E-state index is -0.534. The van der Waals surface area contributed by atoms with Gasteiger partial charge in [-0.1, -0.05) is 5.21 Å². The maximum Gasteiger partial charge on any atom is 0.222 e. The summed E-state index contributed by atoms with van der Waals surface area (Å²) in [5, 5.41) is 10.2. The summed E-state index contributed by atoms with van der Waals surface area (Å²) in [6.45, 7) is 1.03. The number of rotatable bonds is 4. The van der Waals surface area contributed by atoms with Crippen molar-refractivity contribution in [2.75, 3.05) is 17.6 Å². The molecule has 7 nitrogen and oxygen atoms in total. The second-order valence-corrected chi connectivity index (χ2v) is 3.02. The van der Waals surface area contributed by atoms with Gasteiger partial charge in [0.05, 0.1) is 18.9 Å². The largest absolute Gasteiger partial charge is 0.368 e. The highest BCUT2D eigenvalue weighted by molar-refractivity contribution is 5.38. The van der Waals surface area contributed by atoms with E-state index in [4.69, 9.17) is 5.73 Å². The average molecular weight is 223 g/mol. The molecule has 2 heterocycles. The van der Waals surface area contributed by atoms with Gasteiger partial charge in [0.25, 0.3) is 0 Å². The molecule has 0 amide bonds. The Kier molecular flexibility index (Phi) is 2.90. The summed E-state index contributed by atoms with van der Waals surface area (Å²) < 4.78 is 14.8. The number of hydrogen-bond acceptors (Lipinski definition) is 6. The SMILES string of the molecule is Nc1ncc(F)c(NCCn2ccnn2)n1. The Labute approximate surface area is 90.5 Å². The van der Waals surface area contributed by atoms with Gasteiger partial charge in [-0.3, -0.25) is 4.68 Å². The standard InChI is InChI=1S/C8H10FN7/c9-6-5-12-8(10)14-7(6)11-1-3-16-4-2-13-15-16/h2,4-5H,1,3H2,(H3,10,11,12,14). The summed E-state index contributed by atoms with van der Waals surface area (Å²) in [6.07, 6.45) is 4.32. The van der Waals surface area contributed by atoms with Crippen molar-refractivity contribution in [3.8, 4) is 0 Å². The van der Waals surface area contributed by atoms with Crippen LogP contribution < -0.4 is 11.1 Å². The van der Waals surface area contributed by atoms with E-state index in [1.54, 1.807) is 17.1 Å². The molecule has 2 aromatic rings. The molecule has 0 aliphatic rings. The lowest BCUT2D eigenvalue weighted by molar-refractivity contribution is 0.596. The van der Waals surface area contributed by atoms with Crippen molar-refractivity contribution in [3.63, 3.8) is 0 Å². The van der Waals surface area contributed by atoms with Gasteiger partial charge in [0.15, 0.2) is 11.6 Å². The molecule has 0 aliphatic heterocycles. The van der Waals surface area contributed by atoms with Gasteiger partial charge < -0.3 is 11.1 Å². The van der Waals surface area contributed by atoms with Crippen molar-refractivity contribution in [2.45, 2.75) is 6.54 Å². The van der Waals surface area contributed by atoms with Crippen molar-refractivity contribution in [1.82, 2.24) is 25.0 Å². The molecular weight excluding hydrogens is 213 g/mol. The highest BCUT2D eigenvalue weighted by atomic mass is 19.1. The summed E-state index contributed by atoms with van der Waals surface area (Å²) in [6, 6.07) is 0. The van der Waals surface area contributed by atoms with Crippen LogP contribution in [0.5, 0.6) is 0 Å². The molecule has 16 heavy (non-hydrogen) atoms. The summed E-state index contributed by atoms with van der Waals surface area (Å²) in [5.41, 5.74) is 5.34. The summed E-state index contributed by atoms with van der Waals surface area (Å²) >= 11 is 0. The molecule has 8 heteroatoms. The first-order valence-corrected chi connectivity index (χ1v) is 4.61. The molecule has 0 saturated carbocycles. The topological polar surface area (TPSA) is 94.5 Å². The van der Waals surface area contributed by atoms with Crippen LogP contribution in [-0.4, -0.2) is 31.5 Å². The number of anilines is 2. The molecule has 0 fully saturated rings. The molecular formula is C8H10FN7. The van der Waals surface area contributed by atoms with Crippen LogP contribution in [0, 0.1) is 5.82 Å². The molecule has 3 N–H and O–H groups in total. The number of nitrogens with zero attached hydrogens (tertiary/aromatic N) is 5. The van der Waals surface area contributed by atoms with E-state index in [1.807, 2.05) is 0 Å². The Bertz CT molecular complexity index is 455. The first-order valence-electron chi connectivity index (χ1n) is 4.61. The molecule has 0 spiro atoms. The van der Waals surface area contributed by atoms with Crippen molar-refractivity contribution in [2.24, 2.45) is 0 Å². The predicted molar refractivity (Wildman–Crippen MR) is 54.9 cm³/mol. The third-order valence-electron chi connectivity index (χ3n) is 1.87. The zero-order valence-corrected chi connectivity index (χ0v) is 8.34. The molecule has 84 valence electrons. The number of halogens is 1. The number of aromatic nitrogens is 5. The quantitative estimate of drug-likeness (QED) is 0.751. The van der Waals surface area contributed by atoms with Gasteiger partial charge in [-0.2, -0.15) is 4.98 Å². The summed E-state index contributed by atoms with van der Waals surface area (Å²) in [7, 11) is 0. The zero-order valence-electron chi connectivity index (χ0n) is 8.34. The van der Waals surface area contributed by atoms with Crippen LogP contribution in [0.15, 0.2) is 18.6 Å². The molecule has 0 bridgehead atoms. The Hall–Kier alpha value is -2.25. The van der Waals surface area contributed by atoms with Gasteiger partial charge in [0, 0.05) is 12.7 Å². The first-order chi connectivity index (χ1) is 7.75. The Morgan fingerprint density at radius 1 is 1.50 bits per heavy atom. The zero-order chi connectivity index (χ0) is 11.4. The van der Waals surface area contributed by atoms with Crippen LogP contribution >= 0.6 is 0 Å². The second kappa shape index (κ2) is 4.51. The molecule has 0 atom stereocenters. The number of hydrogen-bond donors (Lipinski definition) is 2. The van der Waals surface area contributed by atoms with E-state index in [1.165, 1.54) is 0 Å². The molecule has 0 radical (unpaired) electrons. The van der Waals surface area contributed by atoms with Crippen LogP contribution in [0.25, 0.3) is 0 Å². The third-order valence-corrected chi connectivity index (χ3v) is 1.87. The van der Waals surface area contributed by atoms with E-state index in [2.05, 4.69) is 25.6 Å². The lowest BCUT2D eigenvalue weighted by Gasteiger charge is -2.06. The van der Waals surface area contributed by atoms with Crippen molar-refractivity contribution in [1.29, 1.82) is 0 Å². The fourth-order valence-electron chi connectivity index (χ4n) is 1.15. The van der Waals surface area contributed by atoms with Crippen LogP contribution in [0.2, 0.25) is 0 Å². The number of nitrogens with two attached hydrogens (primary N) is 1. The molecule has 2 aromatic heterocycles. The molecule has 0 unspecified atom stereocenters. The maximum atomic E-state index is 13.2. The van der Waals surface area contributed by atoms with E-state index in [9.17, 15) is 4.39 Å². The van der Waals surface area contributed by atoms with E-state index in [0.29, 0.717) is 13.1 Å². The Morgan fingerprint density at radius 3 is 3.12 bits per heavy atom. The monoisotopic (exact) mass is 223 g/mol. The lowest BCUT2D eigenvalue weighted by atomic mass is 10.5. The average Bonchev–Trinajstić information content (AvgIpc) is 2.76. The van der Waals surface area contributed by atoms with Crippen molar-refractivity contribution < 1.29 is 4.39 Å². The summed E-state index contributed by atoms with van der Waals surface area (Å²) in [5.74, 6) is -0.412. The van der Waals surface area contributed by atoms with Crippen LogP contribution in [-0.2, 0) is 6.54 Å². The lowest BCUT2D eigenvalue weighted by Crippen LogP contribution is -2.13. The van der Waals surface area contributed by atoms with E-state index >= 15 is 0 Å². The highest BCUT2D eigenvalue weighted by Crippen LogP contribution is 2.09. The molecule has 2 rings (SSSR count).